The first-order chi connectivity index (χ1) is 19.8. The van der Waals surface area contributed by atoms with Crippen LogP contribution in [0.2, 0.25) is 0 Å². The maximum absolute atomic E-state index is 13.9. The number of alkyl halides is 3. The van der Waals surface area contributed by atoms with Gasteiger partial charge in [-0.25, -0.2) is 4.79 Å². The van der Waals surface area contributed by atoms with E-state index in [4.69, 9.17) is 4.74 Å². The summed E-state index contributed by atoms with van der Waals surface area (Å²) in [4.78, 5) is 32.8. The van der Waals surface area contributed by atoms with Crippen LogP contribution in [0.25, 0.3) is 10.9 Å². The van der Waals surface area contributed by atoms with E-state index in [0.29, 0.717) is 22.9 Å². The Kier molecular flexibility index (Phi) is 8.52. The topological polar surface area (TPSA) is 62.7 Å². The fourth-order valence-electron chi connectivity index (χ4n) is 5.44. The van der Waals surface area contributed by atoms with Crippen LogP contribution in [0.5, 0.6) is 0 Å². The number of nitrogens with zero attached hydrogens (tertiary/aromatic N) is 3. The maximum atomic E-state index is 13.9. The van der Waals surface area contributed by atoms with Gasteiger partial charge in [-0.3, -0.25) is 9.78 Å². The lowest BCUT2D eigenvalue weighted by Crippen LogP contribution is -2.55. The monoisotopic (exact) mass is 561 g/mol. The average Bonchev–Trinajstić information content (AvgIpc) is 2.99. The molecule has 0 radical (unpaired) electrons. The zero-order valence-corrected chi connectivity index (χ0v) is 22.3. The predicted octanol–water partition coefficient (Wildman–Crippen LogP) is 6.54. The largest absolute Gasteiger partial charge is 0.471 e. The van der Waals surface area contributed by atoms with Gasteiger partial charge in [0, 0.05) is 36.8 Å². The molecule has 1 aromatic heterocycles. The summed E-state index contributed by atoms with van der Waals surface area (Å²) in [5.74, 6) is -1.89. The van der Waals surface area contributed by atoms with Crippen LogP contribution in [0.1, 0.15) is 29.5 Å². The molecule has 1 saturated heterocycles. The van der Waals surface area contributed by atoms with Gasteiger partial charge in [0.25, 0.3) is 0 Å². The first-order valence-corrected chi connectivity index (χ1v) is 13.5. The molecule has 3 aromatic carbocycles. The molecule has 1 aliphatic rings. The molecule has 4 aromatic rings. The highest BCUT2D eigenvalue weighted by Gasteiger charge is 2.46. The van der Waals surface area contributed by atoms with Gasteiger partial charge in [0.1, 0.15) is 6.61 Å². The molecule has 9 heteroatoms. The van der Waals surface area contributed by atoms with E-state index in [1.807, 2.05) is 60.7 Å². The van der Waals surface area contributed by atoms with Crippen molar-refractivity contribution in [1.29, 1.82) is 0 Å². The van der Waals surface area contributed by atoms with Crippen molar-refractivity contribution in [2.75, 3.05) is 6.54 Å². The first kappa shape index (κ1) is 28.1. The second kappa shape index (κ2) is 12.4. The van der Waals surface area contributed by atoms with Crippen LogP contribution in [0, 0.1) is 0 Å². The third kappa shape index (κ3) is 6.85. The number of fused-ring (bicyclic) bond motifs is 1. The van der Waals surface area contributed by atoms with E-state index in [9.17, 15) is 22.8 Å². The fraction of sp³-hybridized carbons (Fsp3) is 0.281. The number of rotatable bonds is 7. The second-order valence-corrected chi connectivity index (χ2v) is 10.2. The summed E-state index contributed by atoms with van der Waals surface area (Å²) in [6.07, 6.45) is -3.23. The van der Waals surface area contributed by atoms with Crippen molar-refractivity contribution in [1.82, 2.24) is 14.8 Å². The van der Waals surface area contributed by atoms with E-state index in [1.165, 1.54) is 6.20 Å². The number of pyridine rings is 1. The van der Waals surface area contributed by atoms with Crippen molar-refractivity contribution in [3.8, 4) is 0 Å². The van der Waals surface area contributed by atoms with Crippen molar-refractivity contribution < 1.29 is 27.5 Å². The minimum atomic E-state index is -5.04. The lowest BCUT2D eigenvalue weighted by Gasteiger charge is -2.43. The van der Waals surface area contributed by atoms with Crippen LogP contribution in [0.4, 0.5) is 18.0 Å². The highest BCUT2D eigenvalue weighted by Crippen LogP contribution is 2.31. The summed E-state index contributed by atoms with van der Waals surface area (Å²) >= 11 is 0. The van der Waals surface area contributed by atoms with Crippen LogP contribution in [-0.2, 0) is 29.1 Å². The Morgan fingerprint density at radius 3 is 2.27 bits per heavy atom. The Hall–Kier alpha value is -4.40. The fourth-order valence-corrected chi connectivity index (χ4v) is 5.44. The Balaban J connectivity index is 1.41. The lowest BCUT2D eigenvalue weighted by molar-refractivity contribution is -0.189. The summed E-state index contributed by atoms with van der Waals surface area (Å²) in [6.45, 7) is 0.0303. The maximum Gasteiger partial charge on any atom is 0.471 e. The molecule has 2 amide bonds. The molecular weight excluding hydrogens is 531 g/mol. The average molecular weight is 562 g/mol. The van der Waals surface area contributed by atoms with Crippen molar-refractivity contribution in [2.45, 2.75) is 50.7 Å². The standard InChI is InChI=1S/C32H30F3N3O3/c33-32(34,35)30(39)38(21-25-15-17-36-29-14-8-7-13-28(25)29)26-16-18-37(27(20-26)19-23-9-3-1-4-10-23)31(40)41-22-24-11-5-2-6-12-24/h1-15,17,26-27H,16,18-22H2. The summed E-state index contributed by atoms with van der Waals surface area (Å²) in [5.41, 5.74) is 2.99. The van der Waals surface area contributed by atoms with Crippen molar-refractivity contribution in [3.63, 3.8) is 0 Å². The minimum absolute atomic E-state index is 0.0888. The third-order valence-electron chi connectivity index (χ3n) is 7.47. The third-order valence-corrected chi connectivity index (χ3v) is 7.47. The number of halogens is 3. The number of hydrogen-bond donors (Lipinski definition) is 0. The van der Waals surface area contributed by atoms with Crippen molar-refractivity contribution in [2.24, 2.45) is 0 Å². The second-order valence-electron chi connectivity index (χ2n) is 10.2. The summed E-state index contributed by atoms with van der Waals surface area (Å²) in [5, 5.41) is 0.692. The van der Waals surface area contributed by atoms with Crippen molar-refractivity contribution in [3.05, 3.63) is 114 Å². The number of para-hydroxylation sites is 1. The van der Waals surface area contributed by atoms with Crippen LogP contribution in [0.3, 0.4) is 0 Å². The van der Waals surface area contributed by atoms with Gasteiger partial charge in [0.05, 0.1) is 5.52 Å². The molecule has 41 heavy (non-hydrogen) atoms. The summed E-state index contributed by atoms with van der Waals surface area (Å²) in [7, 11) is 0. The molecule has 5 rings (SSSR count). The van der Waals surface area contributed by atoms with E-state index >= 15 is 0 Å². The van der Waals surface area contributed by atoms with E-state index in [1.54, 1.807) is 35.2 Å². The van der Waals surface area contributed by atoms with Crippen LogP contribution < -0.4 is 0 Å². The van der Waals surface area contributed by atoms with Gasteiger partial charge in [-0.05, 0) is 48.1 Å². The molecule has 1 fully saturated rings. The van der Waals surface area contributed by atoms with Gasteiger partial charge in [0.15, 0.2) is 0 Å². The Morgan fingerprint density at radius 1 is 0.902 bits per heavy atom. The zero-order valence-electron chi connectivity index (χ0n) is 22.3. The number of benzene rings is 3. The number of amides is 2. The summed E-state index contributed by atoms with van der Waals surface area (Å²) in [6, 6.07) is 26.4. The van der Waals surface area contributed by atoms with Gasteiger partial charge in [0.2, 0.25) is 0 Å². The highest BCUT2D eigenvalue weighted by molar-refractivity contribution is 5.85. The molecule has 6 nitrogen and oxygen atoms in total. The highest BCUT2D eigenvalue weighted by atomic mass is 19.4. The number of carbonyl (C=O) groups excluding carboxylic acids is 2. The van der Waals surface area contributed by atoms with Gasteiger partial charge in [-0.2, -0.15) is 13.2 Å². The molecule has 2 atom stereocenters. The molecule has 0 N–H and O–H groups in total. The van der Waals surface area contributed by atoms with E-state index in [-0.39, 0.29) is 32.5 Å². The molecule has 2 unspecified atom stereocenters. The number of ether oxygens (including phenoxy) is 1. The molecule has 2 heterocycles. The quantitative estimate of drug-likeness (QED) is 0.257. The SMILES string of the molecule is O=C(OCc1ccccc1)N1CCC(N(Cc2ccnc3ccccc23)C(=O)C(F)(F)F)CC1Cc1ccccc1. The molecule has 0 bridgehead atoms. The number of piperidine rings is 1. The Labute approximate surface area is 236 Å². The first-order valence-electron chi connectivity index (χ1n) is 13.5. The molecule has 0 saturated carbocycles. The van der Waals surface area contributed by atoms with Crippen LogP contribution >= 0.6 is 0 Å². The minimum Gasteiger partial charge on any atom is -0.445 e. The lowest BCUT2D eigenvalue weighted by atomic mass is 9.91. The number of carbonyl (C=O) groups is 2. The molecule has 1 aliphatic heterocycles. The summed E-state index contributed by atoms with van der Waals surface area (Å²) < 4.78 is 47.3. The van der Waals surface area contributed by atoms with E-state index < -0.39 is 30.3 Å². The number of hydrogen-bond acceptors (Lipinski definition) is 4. The van der Waals surface area contributed by atoms with E-state index in [2.05, 4.69) is 4.98 Å². The van der Waals surface area contributed by atoms with E-state index in [0.717, 1.165) is 16.0 Å². The zero-order chi connectivity index (χ0) is 28.8. The van der Waals surface area contributed by atoms with Gasteiger partial charge in [-0.1, -0.05) is 78.9 Å². The van der Waals surface area contributed by atoms with Gasteiger partial charge >= 0.3 is 18.2 Å². The predicted molar refractivity (Wildman–Crippen MR) is 149 cm³/mol. The molecular formula is C32H30F3N3O3. The molecule has 212 valence electrons. The van der Waals surface area contributed by atoms with Crippen molar-refractivity contribution >= 4 is 22.9 Å². The Bertz CT molecular complexity index is 1480. The van der Waals surface area contributed by atoms with Crippen LogP contribution in [0.15, 0.2) is 97.2 Å². The van der Waals surface area contributed by atoms with Gasteiger partial charge in [-0.15, -0.1) is 0 Å². The normalized spacial score (nSPS) is 17.3. The number of likely N-dealkylation sites (tertiary alicyclic amines) is 1. The molecule has 0 spiro atoms. The smallest absolute Gasteiger partial charge is 0.445 e. The number of aromatic nitrogens is 1. The van der Waals surface area contributed by atoms with Crippen LogP contribution in [-0.4, -0.2) is 51.6 Å². The Morgan fingerprint density at radius 2 is 1.56 bits per heavy atom. The molecule has 0 aliphatic carbocycles. The van der Waals surface area contributed by atoms with Gasteiger partial charge < -0.3 is 14.5 Å².